The van der Waals surface area contributed by atoms with Gasteiger partial charge in [-0.3, -0.25) is 4.79 Å². The fourth-order valence-corrected chi connectivity index (χ4v) is 3.49. The van der Waals surface area contributed by atoms with Crippen molar-refractivity contribution in [1.82, 2.24) is 0 Å². The zero-order valence-electron chi connectivity index (χ0n) is 16.9. The second kappa shape index (κ2) is 10.6. The number of benzene rings is 2. The third kappa shape index (κ3) is 5.95. The molecule has 7 heteroatoms. The van der Waals surface area contributed by atoms with E-state index < -0.39 is 6.61 Å². The fourth-order valence-electron chi connectivity index (χ4n) is 3.49. The summed E-state index contributed by atoms with van der Waals surface area (Å²) in [5.41, 5.74) is 2.42. The van der Waals surface area contributed by atoms with Gasteiger partial charge in [-0.05, 0) is 48.7 Å². The van der Waals surface area contributed by atoms with Crippen molar-refractivity contribution in [2.45, 2.75) is 32.3 Å². The van der Waals surface area contributed by atoms with Crippen LogP contribution >= 0.6 is 0 Å². The molecule has 1 amide bonds. The molecule has 0 unspecified atom stereocenters. The lowest BCUT2D eigenvalue weighted by Crippen LogP contribution is -2.25. The van der Waals surface area contributed by atoms with Crippen LogP contribution in [0.3, 0.4) is 0 Å². The molecule has 0 aromatic heterocycles. The lowest BCUT2D eigenvalue weighted by atomic mass is 10.2. The molecular formula is C23H26F2N2O3. The number of carbonyl (C=O) groups excluding carboxylic acids is 1. The van der Waals surface area contributed by atoms with Gasteiger partial charge in [-0.15, -0.1) is 0 Å². The summed E-state index contributed by atoms with van der Waals surface area (Å²) >= 11 is 0. The number of para-hydroxylation sites is 2. The topological polar surface area (TPSA) is 50.8 Å². The molecule has 1 aliphatic rings. The standard InChI is InChI=1S/C23H26F2N2O3/c1-29-21-16-17(10-12-20(21)30-23(24)25)11-13-22(28)26-18-8-4-5-9-19(18)27-14-6-2-3-7-15-27/h4-5,8-13,16,23H,2-3,6-7,14-15H2,1H3,(H,26,28)/b13-11+. The van der Waals surface area contributed by atoms with Gasteiger partial charge in [-0.2, -0.15) is 8.78 Å². The summed E-state index contributed by atoms with van der Waals surface area (Å²) in [6, 6.07) is 12.3. The molecule has 5 nitrogen and oxygen atoms in total. The molecule has 1 N–H and O–H groups in total. The Morgan fingerprint density at radius 3 is 2.50 bits per heavy atom. The molecule has 0 atom stereocenters. The normalized spacial score (nSPS) is 14.6. The average Bonchev–Trinajstić information content (AvgIpc) is 3.02. The van der Waals surface area contributed by atoms with Crippen molar-refractivity contribution in [3.05, 3.63) is 54.1 Å². The van der Waals surface area contributed by atoms with Crippen molar-refractivity contribution in [3.8, 4) is 11.5 Å². The number of carbonyl (C=O) groups is 1. The van der Waals surface area contributed by atoms with Crippen molar-refractivity contribution in [2.75, 3.05) is 30.4 Å². The molecule has 2 aromatic carbocycles. The Hall–Kier alpha value is -3.09. The third-order valence-electron chi connectivity index (χ3n) is 4.94. The van der Waals surface area contributed by atoms with Gasteiger partial charge in [0.15, 0.2) is 11.5 Å². The summed E-state index contributed by atoms with van der Waals surface area (Å²) in [5.74, 6) is -0.158. The molecule has 0 saturated carbocycles. The fraction of sp³-hybridized carbons (Fsp3) is 0.348. The Balaban J connectivity index is 1.69. The molecule has 0 radical (unpaired) electrons. The van der Waals surface area contributed by atoms with Gasteiger partial charge in [0.2, 0.25) is 5.91 Å². The average molecular weight is 416 g/mol. The number of anilines is 2. The van der Waals surface area contributed by atoms with Crippen LogP contribution in [0.15, 0.2) is 48.5 Å². The molecule has 1 fully saturated rings. The summed E-state index contributed by atoms with van der Waals surface area (Å²) < 4.78 is 34.4. The van der Waals surface area contributed by atoms with Crippen LogP contribution in [0.1, 0.15) is 31.2 Å². The third-order valence-corrected chi connectivity index (χ3v) is 4.94. The lowest BCUT2D eigenvalue weighted by Gasteiger charge is -2.25. The van der Waals surface area contributed by atoms with E-state index in [1.54, 1.807) is 12.1 Å². The van der Waals surface area contributed by atoms with Crippen LogP contribution in [0.5, 0.6) is 11.5 Å². The summed E-state index contributed by atoms with van der Waals surface area (Å²) in [6.07, 6.45) is 7.77. The van der Waals surface area contributed by atoms with E-state index >= 15 is 0 Å². The largest absolute Gasteiger partial charge is 0.493 e. The van der Waals surface area contributed by atoms with Gasteiger partial charge < -0.3 is 19.7 Å². The zero-order valence-corrected chi connectivity index (χ0v) is 16.9. The lowest BCUT2D eigenvalue weighted by molar-refractivity contribution is -0.111. The summed E-state index contributed by atoms with van der Waals surface area (Å²) in [7, 11) is 1.37. The van der Waals surface area contributed by atoms with Gasteiger partial charge in [0, 0.05) is 19.2 Å². The Morgan fingerprint density at radius 2 is 1.80 bits per heavy atom. The van der Waals surface area contributed by atoms with Crippen LogP contribution in [-0.4, -0.2) is 32.7 Å². The molecule has 3 rings (SSSR count). The predicted octanol–water partition coefficient (Wildman–Crippen LogP) is 5.33. The highest BCUT2D eigenvalue weighted by atomic mass is 19.3. The van der Waals surface area contributed by atoms with Gasteiger partial charge in [0.05, 0.1) is 18.5 Å². The number of ether oxygens (including phenoxy) is 2. The van der Waals surface area contributed by atoms with E-state index in [0.29, 0.717) is 5.56 Å². The van der Waals surface area contributed by atoms with Crippen LogP contribution in [-0.2, 0) is 4.79 Å². The van der Waals surface area contributed by atoms with Crippen molar-refractivity contribution >= 4 is 23.4 Å². The van der Waals surface area contributed by atoms with E-state index in [-0.39, 0.29) is 17.4 Å². The number of hydrogen-bond acceptors (Lipinski definition) is 4. The molecular weight excluding hydrogens is 390 g/mol. The smallest absolute Gasteiger partial charge is 0.387 e. The molecule has 160 valence electrons. The van der Waals surface area contributed by atoms with Crippen molar-refractivity contribution < 1.29 is 23.0 Å². The summed E-state index contributed by atoms with van der Waals surface area (Å²) in [4.78, 5) is 14.8. The number of alkyl halides is 2. The van der Waals surface area contributed by atoms with E-state index in [0.717, 1.165) is 37.3 Å². The van der Waals surface area contributed by atoms with E-state index in [1.807, 2.05) is 24.3 Å². The van der Waals surface area contributed by atoms with Crippen LogP contribution in [0.25, 0.3) is 6.08 Å². The molecule has 0 bridgehead atoms. The Bertz CT molecular complexity index is 879. The predicted molar refractivity (Wildman–Crippen MR) is 114 cm³/mol. The first-order valence-corrected chi connectivity index (χ1v) is 10.0. The maximum Gasteiger partial charge on any atom is 0.387 e. The van der Waals surface area contributed by atoms with Gasteiger partial charge in [-0.1, -0.05) is 31.0 Å². The molecule has 0 aliphatic carbocycles. The number of methoxy groups -OCH3 is 1. The second-order valence-corrected chi connectivity index (χ2v) is 7.03. The minimum atomic E-state index is -2.93. The first kappa shape index (κ1) is 21.6. The Kier molecular flexibility index (Phi) is 7.65. The first-order valence-electron chi connectivity index (χ1n) is 10.0. The van der Waals surface area contributed by atoms with E-state index in [4.69, 9.17) is 4.74 Å². The highest BCUT2D eigenvalue weighted by molar-refractivity contribution is 6.03. The van der Waals surface area contributed by atoms with Crippen molar-refractivity contribution in [2.24, 2.45) is 0 Å². The van der Waals surface area contributed by atoms with Crippen molar-refractivity contribution in [1.29, 1.82) is 0 Å². The number of amides is 1. The minimum absolute atomic E-state index is 0.0551. The zero-order chi connectivity index (χ0) is 21.3. The molecule has 1 heterocycles. The van der Waals surface area contributed by atoms with Crippen LogP contribution < -0.4 is 19.7 Å². The maximum absolute atomic E-state index is 12.5. The highest BCUT2D eigenvalue weighted by Crippen LogP contribution is 2.30. The van der Waals surface area contributed by atoms with Crippen LogP contribution in [0.4, 0.5) is 20.2 Å². The van der Waals surface area contributed by atoms with Gasteiger partial charge >= 0.3 is 6.61 Å². The van der Waals surface area contributed by atoms with Crippen molar-refractivity contribution in [3.63, 3.8) is 0 Å². The van der Waals surface area contributed by atoms with E-state index in [1.165, 1.54) is 38.2 Å². The minimum Gasteiger partial charge on any atom is -0.493 e. The highest BCUT2D eigenvalue weighted by Gasteiger charge is 2.14. The van der Waals surface area contributed by atoms with Crippen LogP contribution in [0, 0.1) is 0 Å². The molecule has 1 saturated heterocycles. The number of nitrogens with zero attached hydrogens (tertiary/aromatic N) is 1. The number of rotatable bonds is 7. The Morgan fingerprint density at radius 1 is 1.07 bits per heavy atom. The van der Waals surface area contributed by atoms with Gasteiger partial charge in [-0.25, -0.2) is 0 Å². The number of hydrogen-bond donors (Lipinski definition) is 1. The summed E-state index contributed by atoms with van der Waals surface area (Å²) in [6.45, 7) is -0.971. The van der Waals surface area contributed by atoms with E-state index in [9.17, 15) is 13.6 Å². The molecule has 30 heavy (non-hydrogen) atoms. The molecule has 2 aromatic rings. The Labute approximate surface area is 175 Å². The quantitative estimate of drug-likeness (QED) is 0.620. The maximum atomic E-state index is 12.5. The molecule has 0 spiro atoms. The van der Waals surface area contributed by atoms with Crippen LogP contribution in [0.2, 0.25) is 0 Å². The summed E-state index contributed by atoms with van der Waals surface area (Å²) in [5, 5.41) is 2.94. The SMILES string of the molecule is COc1cc(/C=C/C(=O)Nc2ccccc2N2CCCCCC2)ccc1OC(F)F. The second-order valence-electron chi connectivity index (χ2n) is 7.03. The van der Waals surface area contributed by atoms with E-state index in [2.05, 4.69) is 15.0 Å². The monoisotopic (exact) mass is 416 g/mol. The number of halogens is 2. The first-order chi connectivity index (χ1) is 14.6. The van der Waals surface area contributed by atoms with Gasteiger partial charge in [0.1, 0.15) is 0 Å². The number of nitrogens with one attached hydrogen (secondary N) is 1. The molecule has 1 aliphatic heterocycles. The van der Waals surface area contributed by atoms with Gasteiger partial charge in [0.25, 0.3) is 0 Å².